The van der Waals surface area contributed by atoms with Crippen LogP contribution in [0.2, 0.25) is 0 Å². The van der Waals surface area contributed by atoms with Gasteiger partial charge in [0.15, 0.2) is 0 Å². The van der Waals surface area contributed by atoms with Crippen LogP contribution in [0.1, 0.15) is 45.4 Å². The zero-order chi connectivity index (χ0) is 9.97. The molecule has 1 N–H and O–H groups in total. The fraction of sp³-hybridized carbons (Fsp3) is 1.00. The summed E-state index contributed by atoms with van der Waals surface area (Å²) in [7, 11) is -0.583. The van der Waals surface area contributed by atoms with E-state index in [1.54, 1.807) is 0 Å². The van der Waals surface area contributed by atoms with Crippen LogP contribution in [0.4, 0.5) is 0 Å². The molecule has 0 aromatic carbocycles. The monoisotopic (exact) mass is 215 g/mol. The molecule has 2 aliphatic rings. The molecule has 0 amide bonds. The van der Waals surface area contributed by atoms with Crippen LogP contribution >= 0.6 is 0 Å². The van der Waals surface area contributed by atoms with Crippen molar-refractivity contribution in [1.29, 1.82) is 0 Å². The molecule has 1 heterocycles. The summed E-state index contributed by atoms with van der Waals surface area (Å²) in [6.45, 7) is 3.06. The Morgan fingerprint density at radius 3 is 2.64 bits per heavy atom. The molecule has 0 aromatic rings. The zero-order valence-corrected chi connectivity index (χ0v) is 9.81. The summed E-state index contributed by atoms with van der Waals surface area (Å²) < 4.78 is 12.1. The van der Waals surface area contributed by atoms with Crippen LogP contribution in [0.3, 0.4) is 0 Å². The first-order valence-corrected chi connectivity index (χ1v) is 7.19. The second kappa shape index (κ2) is 4.75. The highest BCUT2D eigenvalue weighted by Crippen LogP contribution is 2.25. The standard InChI is InChI=1S/C11H21NOS/c1-9-8-12-10-6-4-2-3-5-7-11(10)14(9)13/h9-12H,2-8H2,1H3. The molecular weight excluding hydrogens is 194 g/mol. The Kier molecular flexibility index (Phi) is 3.61. The summed E-state index contributed by atoms with van der Waals surface area (Å²) >= 11 is 0. The van der Waals surface area contributed by atoms with E-state index in [0.29, 0.717) is 16.5 Å². The quantitative estimate of drug-likeness (QED) is 0.668. The molecule has 4 unspecified atom stereocenters. The summed E-state index contributed by atoms with van der Waals surface area (Å²) in [4.78, 5) is 0. The van der Waals surface area contributed by atoms with Gasteiger partial charge in [0.1, 0.15) is 0 Å². The highest BCUT2D eigenvalue weighted by Gasteiger charge is 2.34. The molecule has 0 bridgehead atoms. The van der Waals surface area contributed by atoms with Crippen molar-refractivity contribution in [3.05, 3.63) is 0 Å². The number of nitrogens with one attached hydrogen (secondary N) is 1. The van der Waals surface area contributed by atoms with E-state index >= 15 is 0 Å². The van der Waals surface area contributed by atoms with E-state index in [4.69, 9.17) is 0 Å². The summed E-state index contributed by atoms with van der Waals surface area (Å²) in [5.41, 5.74) is 0. The predicted molar refractivity (Wildman–Crippen MR) is 60.9 cm³/mol. The molecule has 2 fully saturated rings. The van der Waals surface area contributed by atoms with Gasteiger partial charge in [0, 0.05) is 28.6 Å². The first kappa shape index (κ1) is 10.6. The molecule has 0 aromatic heterocycles. The van der Waals surface area contributed by atoms with E-state index in [2.05, 4.69) is 12.2 Å². The smallest absolute Gasteiger partial charge is 0.0504 e. The van der Waals surface area contributed by atoms with Crippen molar-refractivity contribution >= 4 is 10.8 Å². The van der Waals surface area contributed by atoms with Crippen LogP contribution in [0, 0.1) is 0 Å². The molecule has 2 nitrogen and oxygen atoms in total. The maximum absolute atomic E-state index is 12.1. The van der Waals surface area contributed by atoms with Crippen LogP contribution < -0.4 is 5.32 Å². The van der Waals surface area contributed by atoms with Gasteiger partial charge in [-0.1, -0.05) is 25.7 Å². The molecule has 14 heavy (non-hydrogen) atoms. The largest absolute Gasteiger partial charge is 0.312 e. The predicted octanol–water partition coefficient (Wildman–Crippen LogP) is 1.82. The Bertz CT molecular complexity index is 217. The van der Waals surface area contributed by atoms with Gasteiger partial charge < -0.3 is 5.32 Å². The van der Waals surface area contributed by atoms with Gasteiger partial charge in [0.05, 0.1) is 5.25 Å². The molecule has 1 saturated heterocycles. The molecule has 2 rings (SSSR count). The van der Waals surface area contributed by atoms with Gasteiger partial charge in [-0.2, -0.15) is 0 Å². The zero-order valence-electron chi connectivity index (χ0n) is 9.00. The highest BCUT2D eigenvalue weighted by atomic mass is 32.2. The summed E-state index contributed by atoms with van der Waals surface area (Å²) in [5, 5.41) is 4.38. The SMILES string of the molecule is CC1CNC2CCCCCCC2S1=O. The maximum Gasteiger partial charge on any atom is 0.0504 e. The first-order chi connectivity index (χ1) is 6.79. The lowest BCUT2D eigenvalue weighted by Crippen LogP contribution is -2.53. The Balaban J connectivity index is 2.04. The third kappa shape index (κ3) is 2.19. The Morgan fingerprint density at radius 1 is 1.14 bits per heavy atom. The fourth-order valence-corrected chi connectivity index (χ4v) is 4.47. The van der Waals surface area contributed by atoms with Crippen molar-refractivity contribution < 1.29 is 4.21 Å². The maximum atomic E-state index is 12.1. The van der Waals surface area contributed by atoms with E-state index < -0.39 is 10.8 Å². The molecule has 1 aliphatic heterocycles. The Morgan fingerprint density at radius 2 is 1.86 bits per heavy atom. The Hall–Kier alpha value is 0.110. The minimum Gasteiger partial charge on any atom is -0.312 e. The van der Waals surface area contributed by atoms with Crippen LogP contribution in [-0.4, -0.2) is 27.3 Å². The van der Waals surface area contributed by atoms with Gasteiger partial charge in [-0.05, 0) is 19.8 Å². The molecular formula is C11H21NOS. The highest BCUT2D eigenvalue weighted by molar-refractivity contribution is 7.86. The van der Waals surface area contributed by atoms with Crippen molar-refractivity contribution in [2.75, 3.05) is 6.54 Å². The molecule has 1 saturated carbocycles. The number of hydrogen-bond acceptors (Lipinski definition) is 2. The molecule has 82 valence electrons. The van der Waals surface area contributed by atoms with Crippen LogP contribution in [-0.2, 0) is 10.8 Å². The lowest BCUT2D eigenvalue weighted by atomic mass is 9.96. The van der Waals surface area contributed by atoms with Gasteiger partial charge in [0.2, 0.25) is 0 Å². The molecule has 0 radical (unpaired) electrons. The van der Waals surface area contributed by atoms with Crippen molar-refractivity contribution in [2.45, 2.75) is 62.0 Å². The van der Waals surface area contributed by atoms with Gasteiger partial charge in [-0.25, -0.2) is 0 Å². The minimum absolute atomic E-state index is 0.357. The molecule has 0 spiro atoms. The van der Waals surface area contributed by atoms with Gasteiger partial charge in [0.25, 0.3) is 0 Å². The molecule has 3 heteroatoms. The second-order valence-corrected chi connectivity index (χ2v) is 6.75. The molecule has 1 aliphatic carbocycles. The first-order valence-electron chi connectivity index (χ1n) is 5.92. The third-order valence-corrected chi connectivity index (χ3v) is 5.69. The Labute approximate surface area is 89.3 Å². The van der Waals surface area contributed by atoms with E-state index in [1.807, 2.05) is 0 Å². The van der Waals surface area contributed by atoms with E-state index in [0.717, 1.165) is 6.54 Å². The van der Waals surface area contributed by atoms with Crippen LogP contribution in [0.5, 0.6) is 0 Å². The number of hydrogen-bond donors (Lipinski definition) is 1. The second-order valence-electron chi connectivity index (χ2n) is 4.68. The number of fused-ring (bicyclic) bond motifs is 1. The topological polar surface area (TPSA) is 29.1 Å². The van der Waals surface area contributed by atoms with Crippen molar-refractivity contribution in [3.8, 4) is 0 Å². The van der Waals surface area contributed by atoms with Gasteiger partial charge in [-0.3, -0.25) is 4.21 Å². The minimum atomic E-state index is -0.583. The third-order valence-electron chi connectivity index (χ3n) is 3.57. The van der Waals surface area contributed by atoms with Gasteiger partial charge in [-0.15, -0.1) is 0 Å². The van der Waals surface area contributed by atoms with Crippen LogP contribution in [0.25, 0.3) is 0 Å². The summed E-state index contributed by atoms with van der Waals surface area (Å²) in [6, 6.07) is 0.548. The van der Waals surface area contributed by atoms with Crippen molar-refractivity contribution in [1.82, 2.24) is 5.32 Å². The molecule has 4 atom stereocenters. The summed E-state index contributed by atoms with van der Waals surface area (Å²) in [6.07, 6.45) is 7.72. The fourth-order valence-electron chi connectivity index (χ4n) is 2.66. The van der Waals surface area contributed by atoms with Gasteiger partial charge >= 0.3 is 0 Å². The van der Waals surface area contributed by atoms with Crippen LogP contribution in [0.15, 0.2) is 0 Å². The normalized spacial score (nSPS) is 44.9. The lowest BCUT2D eigenvalue weighted by molar-refractivity contribution is 0.380. The van der Waals surface area contributed by atoms with E-state index in [9.17, 15) is 4.21 Å². The van der Waals surface area contributed by atoms with E-state index in [1.165, 1.54) is 38.5 Å². The summed E-state index contributed by atoms with van der Waals surface area (Å²) in [5.74, 6) is 0. The average molecular weight is 215 g/mol. The van der Waals surface area contributed by atoms with Crippen molar-refractivity contribution in [3.63, 3.8) is 0 Å². The van der Waals surface area contributed by atoms with E-state index in [-0.39, 0.29) is 0 Å². The average Bonchev–Trinajstić information content (AvgIpc) is 2.13. The van der Waals surface area contributed by atoms with Crippen molar-refractivity contribution in [2.24, 2.45) is 0 Å². The lowest BCUT2D eigenvalue weighted by Gasteiger charge is -2.36. The number of rotatable bonds is 0.